The van der Waals surface area contributed by atoms with Gasteiger partial charge in [0.15, 0.2) is 0 Å². The van der Waals surface area contributed by atoms with Crippen LogP contribution in [-0.2, 0) is 10.0 Å². The maximum absolute atomic E-state index is 13.0. The summed E-state index contributed by atoms with van der Waals surface area (Å²) >= 11 is 0. The molecular weight excluding hydrogens is 284 g/mol. The van der Waals surface area contributed by atoms with Crippen molar-refractivity contribution in [3.05, 3.63) is 36.2 Å². The first-order valence-electron chi connectivity index (χ1n) is 7.38. The van der Waals surface area contributed by atoms with Crippen LogP contribution in [0.4, 0.5) is 0 Å². The summed E-state index contributed by atoms with van der Waals surface area (Å²) in [6, 6.07) is 7.30. The number of aryl methyl sites for hydroxylation is 1. The Kier molecular flexibility index (Phi) is 3.71. The summed E-state index contributed by atoms with van der Waals surface area (Å²) in [5, 5.41) is 1.67. The highest BCUT2D eigenvalue weighted by molar-refractivity contribution is 7.89. The fraction of sp³-hybridized carbons (Fsp3) is 0.438. The lowest BCUT2D eigenvalue weighted by atomic mass is 10.1. The smallest absolute Gasteiger partial charge is 0.243 e. The third kappa shape index (κ3) is 2.45. The molecule has 1 fully saturated rings. The Bertz CT molecular complexity index is 771. The maximum Gasteiger partial charge on any atom is 0.243 e. The van der Waals surface area contributed by atoms with Crippen molar-refractivity contribution in [3.8, 4) is 0 Å². The van der Waals surface area contributed by atoms with Gasteiger partial charge in [-0.2, -0.15) is 4.31 Å². The molecule has 112 valence electrons. The number of rotatable bonds is 2. The molecular formula is C16H20N2O2S. The lowest BCUT2D eigenvalue weighted by Gasteiger charge is -2.32. The molecule has 3 rings (SSSR count). The van der Waals surface area contributed by atoms with E-state index >= 15 is 0 Å². The number of nitrogens with zero attached hydrogens (tertiary/aromatic N) is 2. The molecule has 2 aromatic rings. The van der Waals surface area contributed by atoms with Crippen molar-refractivity contribution in [2.45, 2.75) is 44.0 Å². The predicted molar refractivity (Wildman–Crippen MR) is 83.7 cm³/mol. The van der Waals surface area contributed by atoms with Gasteiger partial charge in [-0.1, -0.05) is 18.6 Å². The molecule has 1 aliphatic heterocycles. The Morgan fingerprint density at radius 2 is 2.00 bits per heavy atom. The van der Waals surface area contributed by atoms with Crippen LogP contribution in [0, 0.1) is 6.92 Å². The van der Waals surface area contributed by atoms with Crippen LogP contribution in [0.25, 0.3) is 10.8 Å². The lowest BCUT2D eigenvalue weighted by Crippen LogP contribution is -2.41. The van der Waals surface area contributed by atoms with Crippen molar-refractivity contribution in [3.63, 3.8) is 0 Å². The highest BCUT2D eigenvalue weighted by Crippen LogP contribution is 2.30. The van der Waals surface area contributed by atoms with E-state index in [-0.39, 0.29) is 6.04 Å². The quantitative estimate of drug-likeness (QED) is 0.856. The van der Waals surface area contributed by atoms with Crippen LogP contribution in [-0.4, -0.2) is 30.3 Å². The molecule has 0 amide bonds. The topological polar surface area (TPSA) is 50.3 Å². The molecule has 21 heavy (non-hydrogen) atoms. The van der Waals surface area contributed by atoms with E-state index in [4.69, 9.17) is 0 Å². The minimum Gasteiger partial charge on any atom is -0.261 e. The number of piperidine rings is 1. The first kappa shape index (κ1) is 14.5. The molecule has 1 aromatic heterocycles. The lowest BCUT2D eigenvalue weighted by molar-refractivity contribution is 0.269. The summed E-state index contributed by atoms with van der Waals surface area (Å²) in [5.74, 6) is 0. The molecule has 4 nitrogen and oxygen atoms in total. The van der Waals surface area contributed by atoms with Crippen molar-refractivity contribution in [2.75, 3.05) is 6.54 Å². The van der Waals surface area contributed by atoms with Gasteiger partial charge in [-0.15, -0.1) is 0 Å². The standard InChI is InChI=1S/C16H20N2O2S/c1-12-6-3-4-11-18(12)21(19,20)16-8-5-7-14-13(2)17-10-9-15(14)16/h5,7-10,12H,3-4,6,11H2,1-2H3. The summed E-state index contributed by atoms with van der Waals surface area (Å²) in [6.45, 7) is 4.51. The number of fused-ring (bicyclic) bond motifs is 1. The van der Waals surface area contributed by atoms with Gasteiger partial charge in [0.25, 0.3) is 0 Å². The molecule has 1 unspecified atom stereocenters. The molecule has 5 heteroatoms. The molecule has 2 heterocycles. The van der Waals surface area contributed by atoms with Gasteiger partial charge in [0.05, 0.1) is 4.90 Å². The second-order valence-corrected chi connectivity index (χ2v) is 7.57. The largest absolute Gasteiger partial charge is 0.261 e. The summed E-state index contributed by atoms with van der Waals surface area (Å²) in [6.07, 6.45) is 4.65. The third-order valence-electron chi connectivity index (χ3n) is 4.29. The Morgan fingerprint density at radius 3 is 2.76 bits per heavy atom. The maximum atomic E-state index is 13.0. The van der Waals surface area contributed by atoms with Crippen LogP contribution in [0.3, 0.4) is 0 Å². The molecule has 1 saturated heterocycles. The van der Waals surface area contributed by atoms with Crippen LogP contribution >= 0.6 is 0 Å². The van der Waals surface area contributed by atoms with Gasteiger partial charge in [0.2, 0.25) is 10.0 Å². The van der Waals surface area contributed by atoms with Crippen LogP contribution in [0.2, 0.25) is 0 Å². The fourth-order valence-electron chi connectivity index (χ4n) is 3.10. The summed E-state index contributed by atoms with van der Waals surface area (Å²) < 4.78 is 27.7. The highest BCUT2D eigenvalue weighted by atomic mass is 32.2. The SMILES string of the molecule is Cc1nccc2c(S(=O)(=O)N3CCCCC3C)cccc12. The van der Waals surface area contributed by atoms with Crippen molar-refractivity contribution >= 4 is 20.8 Å². The minimum absolute atomic E-state index is 0.0712. The number of aromatic nitrogens is 1. The normalized spacial score (nSPS) is 20.8. The Labute approximate surface area is 125 Å². The second kappa shape index (κ2) is 5.39. The average Bonchev–Trinajstić information content (AvgIpc) is 2.47. The van der Waals surface area contributed by atoms with Gasteiger partial charge in [-0.05, 0) is 38.8 Å². The van der Waals surface area contributed by atoms with Crippen LogP contribution in [0.15, 0.2) is 35.4 Å². The molecule has 0 saturated carbocycles. The second-order valence-electron chi connectivity index (χ2n) is 5.71. The number of hydrogen-bond donors (Lipinski definition) is 0. The first-order chi connectivity index (χ1) is 10.0. The third-order valence-corrected chi connectivity index (χ3v) is 6.37. The van der Waals surface area contributed by atoms with E-state index in [0.29, 0.717) is 11.4 Å². The van der Waals surface area contributed by atoms with E-state index < -0.39 is 10.0 Å². The van der Waals surface area contributed by atoms with Crippen molar-refractivity contribution in [1.82, 2.24) is 9.29 Å². The zero-order valence-electron chi connectivity index (χ0n) is 12.4. The van der Waals surface area contributed by atoms with Crippen molar-refractivity contribution in [2.24, 2.45) is 0 Å². The van der Waals surface area contributed by atoms with Gasteiger partial charge in [0, 0.05) is 35.2 Å². The zero-order chi connectivity index (χ0) is 15.0. The van der Waals surface area contributed by atoms with E-state index in [9.17, 15) is 8.42 Å². The number of benzene rings is 1. The van der Waals surface area contributed by atoms with Gasteiger partial charge < -0.3 is 0 Å². The molecule has 0 bridgehead atoms. The Balaban J connectivity index is 2.17. The molecule has 0 aliphatic carbocycles. The van der Waals surface area contributed by atoms with E-state index in [1.165, 1.54) is 0 Å². The zero-order valence-corrected chi connectivity index (χ0v) is 13.2. The minimum atomic E-state index is -3.45. The number of hydrogen-bond acceptors (Lipinski definition) is 3. The van der Waals surface area contributed by atoms with E-state index in [0.717, 1.165) is 35.7 Å². The van der Waals surface area contributed by atoms with E-state index in [1.54, 1.807) is 28.7 Å². The average molecular weight is 304 g/mol. The number of sulfonamides is 1. The van der Waals surface area contributed by atoms with Crippen LogP contribution < -0.4 is 0 Å². The molecule has 1 atom stereocenters. The summed E-state index contributed by atoms with van der Waals surface area (Å²) in [5.41, 5.74) is 0.858. The summed E-state index contributed by atoms with van der Waals surface area (Å²) in [7, 11) is -3.45. The molecule has 0 radical (unpaired) electrons. The Morgan fingerprint density at radius 1 is 1.19 bits per heavy atom. The van der Waals surface area contributed by atoms with Crippen molar-refractivity contribution in [1.29, 1.82) is 0 Å². The molecule has 1 aliphatic rings. The predicted octanol–water partition coefficient (Wildman–Crippen LogP) is 3.11. The van der Waals surface area contributed by atoms with Gasteiger partial charge in [-0.25, -0.2) is 8.42 Å². The highest BCUT2D eigenvalue weighted by Gasteiger charge is 2.32. The van der Waals surface area contributed by atoms with Crippen LogP contribution in [0.1, 0.15) is 31.9 Å². The van der Waals surface area contributed by atoms with Gasteiger partial charge in [0.1, 0.15) is 0 Å². The van der Waals surface area contributed by atoms with E-state index in [2.05, 4.69) is 4.98 Å². The summed E-state index contributed by atoms with van der Waals surface area (Å²) in [4.78, 5) is 4.65. The molecule has 1 aromatic carbocycles. The monoisotopic (exact) mass is 304 g/mol. The van der Waals surface area contributed by atoms with E-state index in [1.807, 2.05) is 19.9 Å². The fourth-order valence-corrected chi connectivity index (χ4v) is 5.01. The van der Waals surface area contributed by atoms with Crippen molar-refractivity contribution < 1.29 is 8.42 Å². The van der Waals surface area contributed by atoms with Gasteiger partial charge >= 0.3 is 0 Å². The van der Waals surface area contributed by atoms with Gasteiger partial charge in [-0.3, -0.25) is 4.98 Å². The Hall–Kier alpha value is -1.46. The number of pyridine rings is 1. The molecule has 0 spiro atoms. The van der Waals surface area contributed by atoms with Crippen LogP contribution in [0.5, 0.6) is 0 Å². The first-order valence-corrected chi connectivity index (χ1v) is 8.82. The molecule has 0 N–H and O–H groups in total.